The van der Waals surface area contributed by atoms with Gasteiger partial charge in [0.2, 0.25) is 0 Å². The first-order valence-corrected chi connectivity index (χ1v) is 3.41. The van der Waals surface area contributed by atoms with Gasteiger partial charge in [-0.2, -0.15) is 12.8 Å². The Morgan fingerprint density at radius 2 is 1.00 bits per heavy atom. The zero-order valence-corrected chi connectivity index (χ0v) is 10.5. The van der Waals surface area contributed by atoms with E-state index in [-0.39, 0.29) is 46.6 Å². The molecule has 0 amide bonds. The summed E-state index contributed by atoms with van der Waals surface area (Å²) in [6.45, 7) is 11.4. The number of hydrogen-bond donors (Lipinski definition) is 0. The van der Waals surface area contributed by atoms with E-state index >= 15 is 0 Å². The van der Waals surface area contributed by atoms with Gasteiger partial charge in [0.15, 0.2) is 0 Å². The molecule has 0 bridgehead atoms. The Morgan fingerprint density at radius 3 is 1.00 bits per heavy atom. The van der Waals surface area contributed by atoms with Crippen molar-refractivity contribution >= 4 is 29.6 Å². The first-order chi connectivity index (χ1) is 3.83. The zero-order valence-electron chi connectivity index (χ0n) is 7.54. The maximum absolute atomic E-state index is 3.60. The van der Waals surface area contributed by atoms with Gasteiger partial charge in [-0.3, -0.25) is 0 Å². The molecule has 62 valence electrons. The van der Waals surface area contributed by atoms with Gasteiger partial charge in [-0.25, -0.2) is 0 Å². The molecule has 0 heterocycles. The Labute approximate surface area is 99.3 Å². The maximum Gasteiger partial charge on any atom is 2.00 e. The van der Waals surface area contributed by atoms with E-state index in [4.69, 9.17) is 0 Å². The molecule has 0 N–H and O–H groups in total. The molecular weight excluding hydrogens is 183 g/mol. The average molecular weight is 201 g/mol. The van der Waals surface area contributed by atoms with Crippen LogP contribution in [-0.2, 0) is 17.1 Å². The largest absolute Gasteiger partial charge is 2.00 e. The van der Waals surface area contributed by atoms with E-state index in [1.807, 2.05) is 0 Å². The predicted molar refractivity (Wildman–Crippen MR) is 46.3 cm³/mol. The molecule has 0 unspecified atom stereocenters. The first-order valence-electron chi connectivity index (χ1n) is 3.41. The summed E-state index contributed by atoms with van der Waals surface area (Å²) >= 11 is 0. The van der Waals surface area contributed by atoms with Crippen LogP contribution in [0.2, 0.25) is 0 Å². The fourth-order valence-corrected chi connectivity index (χ4v) is 0. The standard InChI is InChI=1S/2C4H9.Cu.Na/c2*1-3-4-2;;/h2*1,3-4H2,2H3;;/q2*-1;+2;. The van der Waals surface area contributed by atoms with Gasteiger partial charge in [-0.15, -0.1) is 0 Å². The second-order valence-electron chi connectivity index (χ2n) is 1.71. The number of rotatable bonds is 2. The molecular formula is C8H18CuNa. The van der Waals surface area contributed by atoms with Crippen molar-refractivity contribution in [1.82, 2.24) is 0 Å². The molecule has 0 rings (SSSR count). The van der Waals surface area contributed by atoms with Gasteiger partial charge in [0.05, 0.1) is 0 Å². The zero-order chi connectivity index (χ0) is 6.83. The Bertz CT molecular complexity index is 17.2. The minimum Gasteiger partial charge on any atom is -0.343 e. The fourth-order valence-electron chi connectivity index (χ4n) is 0. The third-order valence-corrected chi connectivity index (χ3v) is 0.707. The van der Waals surface area contributed by atoms with Gasteiger partial charge < -0.3 is 13.8 Å². The first kappa shape index (κ1) is 22.5. The summed E-state index contributed by atoms with van der Waals surface area (Å²) in [4.78, 5) is 0. The van der Waals surface area contributed by atoms with Crippen LogP contribution in [0, 0.1) is 13.8 Å². The molecule has 2 radical (unpaired) electrons. The SMILES string of the molecule is [CH2-]CCC.[CH2-]CCC.[Cu+2].[Na]. The van der Waals surface area contributed by atoms with Crippen molar-refractivity contribution in [3.8, 4) is 0 Å². The molecule has 0 aliphatic carbocycles. The maximum atomic E-state index is 3.60. The molecule has 0 aromatic heterocycles. The molecule has 0 saturated heterocycles. The van der Waals surface area contributed by atoms with E-state index in [0.29, 0.717) is 0 Å². The Kier molecular flexibility index (Phi) is 70.5. The van der Waals surface area contributed by atoms with Crippen molar-refractivity contribution in [3.63, 3.8) is 0 Å². The van der Waals surface area contributed by atoms with Crippen molar-refractivity contribution in [2.24, 2.45) is 0 Å². The summed E-state index contributed by atoms with van der Waals surface area (Å²) in [7, 11) is 0. The van der Waals surface area contributed by atoms with Gasteiger partial charge in [-0.1, -0.05) is 26.7 Å². The van der Waals surface area contributed by atoms with Crippen LogP contribution in [0.5, 0.6) is 0 Å². The molecule has 0 fully saturated rings. The van der Waals surface area contributed by atoms with Gasteiger partial charge in [0.1, 0.15) is 0 Å². The van der Waals surface area contributed by atoms with E-state index in [1.54, 1.807) is 0 Å². The second-order valence-corrected chi connectivity index (χ2v) is 1.71. The molecule has 0 nitrogen and oxygen atoms in total. The fraction of sp³-hybridized carbons (Fsp3) is 0.750. The number of unbranched alkanes of at least 4 members (excludes halogenated alkanes) is 2. The van der Waals surface area contributed by atoms with Crippen LogP contribution in [0.1, 0.15) is 39.5 Å². The van der Waals surface area contributed by atoms with Gasteiger partial charge in [0.25, 0.3) is 0 Å². The van der Waals surface area contributed by atoms with Gasteiger partial charge in [-0.05, 0) is 0 Å². The van der Waals surface area contributed by atoms with E-state index in [0.717, 1.165) is 12.8 Å². The van der Waals surface area contributed by atoms with Crippen molar-refractivity contribution < 1.29 is 17.1 Å². The quantitative estimate of drug-likeness (QED) is 0.475. The molecule has 0 aliphatic heterocycles. The molecule has 0 aromatic carbocycles. The average Bonchev–Trinajstić information content (AvgIpc) is 1.88. The van der Waals surface area contributed by atoms with Crippen molar-refractivity contribution in [2.45, 2.75) is 39.5 Å². The van der Waals surface area contributed by atoms with Crippen LogP contribution in [0.25, 0.3) is 0 Å². The van der Waals surface area contributed by atoms with E-state index in [2.05, 4.69) is 27.7 Å². The molecule has 0 atom stereocenters. The molecule has 0 aromatic rings. The third kappa shape index (κ3) is 55.8. The van der Waals surface area contributed by atoms with E-state index in [1.165, 1.54) is 12.8 Å². The Hall–Kier alpha value is 1.52. The predicted octanol–water partition coefficient (Wildman–Crippen LogP) is 2.86. The molecule has 0 saturated carbocycles. The van der Waals surface area contributed by atoms with Crippen LogP contribution in [0.15, 0.2) is 0 Å². The summed E-state index contributed by atoms with van der Waals surface area (Å²) in [5.41, 5.74) is 0. The van der Waals surface area contributed by atoms with Crippen LogP contribution in [-0.4, -0.2) is 29.6 Å². The minimum absolute atomic E-state index is 0. The monoisotopic (exact) mass is 200 g/mol. The summed E-state index contributed by atoms with van der Waals surface area (Å²) in [6, 6.07) is 0. The Balaban J connectivity index is -0.0000000300. The molecule has 0 aliphatic rings. The summed E-state index contributed by atoms with van der Waals surface area (Å²) in [5.74, 6) is 0. The van der Waals surface area contributed by atoms with Crippen LogP contribution < -0.4 is 0 Å². The summed E-state index contributed by atoms with van der Waals surface area (Å²) in [5, 5.41) is 0. The topological polar surface area (TPSA) is 0 Å². The van der Waals surface area contributed by atoms with Crippen molar-refractivity contribution in [1.29, 1.82) is 0 Å². The number of hydrogen-bond acceptors (Lipinski definition) is 0. The van der Waals surface area contributed by atoms with Gasteiger partial charge in [0, 0.05) is 29.6 Å². The smallest absolute Gasteiger partial charge is 0.343 e. The molecule has 0 spiro atoms. The van der Waals surface area contributed by atoms with E-state index in [9.17, 15) is 0 Å². The third-order valence-electron chi connectivity index (χ3n) is 0.707. The van der Waals surface area contributed by atoms with Crippen molar-refractivity contribution in [3.05, 3.63) is 13.8 Å². The molecule has 2 heteroatoms. The van der Waals surface area contributed by atoms with Crippen LogP contribution >= 0.6 is 0 Å². The van der Waals surface area contributed by atoms with Gasteiger partial charge >= 0.3 is 17.1 Å². The summed E-state index contributed by atoms with van der Waals surface area (Å²) in [6.07, 6.45) is 4.56. The van der Waals surface area contributed by atoms with Crippen molar-refractivity contribution in [2.75, 3.05) is 0 Å². The second kappa shape index (κ2) is 31.3. The summed E-state index contributed by atoms with van der Waals surface area (Å²) < 4.78 is 0. The van der Waals surface area contributed by atoms with Crippen LogP contribution in [0.4, 0.5) is 0 Å². The Morgan fingerprint density at radius 1 is 0.900 bits per heavy atom. The normalized spacial score (nSPS) is 6.00. The molecule has 10 heavy (non-hydrogen) atoms. The minimum atomic E-state index is 0. The van der Waals surface area contributed by atoms with E-state index < -0.39 is 0 Å². The van der Waals surface area contributed by atoms with Crippen LogP contribution in [0.3, 0.4) is 0 Å².